The van der Waals surface area contributed by atoms with Crippen molar-refractivity contribution in [3.05, 3.63) is 24.3 Å². The number of nitrogen functional groups attached to an aromatic ring is 1. The molecular weight excluding hydrogens is 250 g/mol. The third kappa shape index (κ3) is 1.80. The van der Waals surface area contributed by atoms with Crippen molar-refractivity contribution in [2.75, 3.05) is 5.73 Å². The largest absolute Gasteiger partial charge is 0.399 e. The molecule has 0 saturated heterocycles. The number of rotatable bonds is 3. The monoisotopic (exact) mass is 271 g/mol. The number of hydrogen-bond acceptors (Lipinski definition) is 4. The molecule has 1 aliphatic rings. The Kier molecular flexibility index (Phi) is 2.64. The molecule has 106 valence electrons. The summed E-state index contributed by atoms with van der Waals surface area (Å²) in [6.45, 7) is 10.1. The molecule has 2 N–H and O–H groups in total. The van der Waals surface area contributed by atoms with Crippen molar-refractivity contribution >= 4 is 5.69 Å². The molecule has 0 atom stereocenters. The van der Waals surface area contributed by atoms with E-state index in [0.29, 0.717) is 16.7 Å². The smallest absolute Gasteiger partial charge is 0.182 e. The number of nitrogens with zero attached hydrogens (tertiary/aromatic N) is 4. The van der Waals surface area contributed by atoms with Crippen molar-refractivity contribution < 1.29 is 0 Å². The summed E-state index contributed by atoms with van der Waals surface area (Å²) in [7, 11) is 0. The molecule has 1 fully saturated rings. The first-order chi connectivity index (χ1) is 9.34. The summed E-state index contributed by atoms with van der Waals surface area (Å²) < 4.78 is 1.90. The lowest BCUT2D eigenvalue weighted by molar-refractivity contribution is 0.457. The zero-order chi connectivity index (χ0) is 14.5. The minimum atomic E-state index is 0.325. The Morgan fingerprint density at radius 1 is 1.20 bits per heavy atom. The Morgan fingerprint density at radius 2 is 1.90 bits per heavy atom. The molecule has 0 spiro atoms. The molecule has 1 saturated carbocycles. The third-order valence-corrected chi connectivity index (χ3v) is 5.35. The van der Waals surface area contributed by atoms with Crippen LogP contribution in [0, 0.1) is 16.7 Å². The zero-order valence-corrected chi connectivity index (χ0v) is 12.5. The Morgan fingerprint density at radius 3 is 2.50 bits per heavy atom. The molecule has 0 aliphatic heterocycles. The maximum Gasteiger partial charge on any atom is 0.182 e. The van der Waals surface area contributed by atoms with E-state index in [1.54, 1.807) is 0 Å². The van der Waals surface area contributed by atoms with Crippen LogP contribution in [0.2, 0.25) is 0 Å². The van der Waals surface area contributed by atoms with Gasteiger partial charge >= 0.3 is 0 Å². The fourth-order valence-electron chi connectivity index (χ4n) is 3.17. The van der Waals surface area contributed by atoms with Crippen LogP contribution < -0.4 is 5.73 Å². The maximum atomic E-state index is 5.84. The second-order valence-corrected chi connectivity index (χ2v) is 6.81. The molecule has 1 aliphatic carbocycles. The van der Waals surface area contributed by atoms with Crippen LogP contribution in [-0.2, 0) is 6.54 Å². The van der Waals surface area contributed by atoms with Gasteiger partial charge in [-0.3, -0.25) is 0 Å². The lowest BCUT2D eigenvalue weighted by Crippen LogP contribution is -2.08. The molecule has 0 bridgehead atoms. The zero-order valence-electron chi connectivity index (χ0n) is 12.5. The molecule has 0 radical (unpaired) electrons. The highest BCUT2D eigenvalue weighted by Gasteiger charge is 2.64. The van der Waals surface area contributed by atoms with E-state index in [4.69, 9.17) is 5.73 Å². The van der Waals surface area contributed by atoms with Crippen LogP contribution in [0.25, 0.3) is 11.4 Å². The highest BCUT2D eigenvalue weighted by molar-refractivity contribution is 5.60. The van der Waals surface area contributed by atoms with Crippen molar-refractivity contribution in [2.45, 2.75) is 34.2 Å². The topological polar surface area (TPSA) is 69.6 Å². The van der Waals surface area contributed by atoms with E-state index >= 15 is 0 Å². The molecule has 3 rings (SSSR count). The first kappa shape index (κ1) is 13.1. The number of benzene rings is 1. The molecule has 0 amide bonds. The van der Waals surface area contributed by atoms with Gasteiger partial charge in [-0.2, -0.15) is 0 Å². The number of aromatic nitrogens is 4. The first-order valence-corrected chi connectivity index (χ1v) is 6.96. The van der Waals surface area contributed by atoms with Crippen LogP contribution in [0.3, 0.4) is 0 Å². The van der Waals surface area contributed by atoms with Crippen molar-refractivity contribution in [1.82, 2.24) is 20.2 Å². The summed E-state index contributed by atoms with van der Waals surface area (Å²) >= 11 is 0. The number of nitrogens with two attached hydrogens (primary N) is 1. The SMILES string of the molecule is CC1(C)C(Cn2nnnc2-c2cccc(N)c2)C1(C)C. The van der Waals surface area contributed by atoms with Crippen molar-refractivity contribution in [2.24, 2.45) is 16.7 Å². The Labute approximate surface area is 119 Å². The van der Waals surface area contributed by atoms with E-state index in [2.05, 4.69) is 43.2 Å². The standard InChI is InChI=1S/C15H21N5/c1-14(2)12(15(14,3)4)9-20-13(17-18-19-20)10-6-5-7-11(16)8-10/h5-8,12H,9,16H2,1-4H3. The van der Waals surface area contributed by atoms with Gasteiger partial charge in [0.15, 0.2) is 5.82 Å². The van der Waals surface area contributed by atoms with E-state index in [1.807, 2.05) is 28.9 Å². The van der Waals surface area contributed by atoms with Gasteiger partial charge in [0, 0.05) is 17.8 Å². The first-order valence-electron chi connectivity index (χ1n) is 6.96. The van der Waals surface area contributed by atoms with Crippen LogP contribution in [0.4, 0.5) is 5.69 Å². The summed E-state index contributed by atoms with van der Waals surface area (Å²) in [4.78, 5) is 0. The summed E-state index contributed by atoms with van der Waals surface area (Å²) in [5, 5.41) is 12.1. The van der Waals surface area contributed by atoms with Crippen LogP contribution in [0.15, 0.2) is 24.3 Å². The van der Waals surface area contributed by atoms with Crippen LogP contribution >= 0.6 is 0 Å². The van der Waals surface area contributed by atoms with Crippen LogP contribution in [0.1, 0.15) is 27.7 Å². The average molecular weight is 271 g/mol. The Bertz CT molecular complexity index is 627. The fourth-order valence-corrected chi connectivity index (χ4v) is 3.17. The van der Waals surface area contributed by atoms with Gasteiger partial charge in [-0.25, -0.2) is 4.68 Å². The molecule has 20 heavy (non-hydrogen) atoms. The van der Waals surface area contributed by atoms with E-state index in [9.17, 15) is 0 Å². The molecule has 2 aromatic rings. The van der Waals surface area contributed by atoms with Gasteiger partial charge in [0.1, 0.15) is 0 Å². The number of tetrazole rings is 1. The molecule has 5 nitrogen and oxygen atoms in total. The summed E-state index contributed by atoms with van der Waals surface area (Å²) in [6, 6.07) is 7.69. The predicted molar refractivity (Wildman–Crippen MR) is 78.7 cm³/mol. The quantitative estimate of drug-likeness (QED) is 0.871. The normalized spacial score (nSPS) is 20.0. The minimum absolute atomic E-state index is 0.325. The van der Waals surface area contributed by atoms with Gasteiger partial charge in [-0.1, -0.05) is 39.8 Å². The van der Waals surface area contributed by atoms with E-state index in [1.165, 1.54) is 0 Å². The molecule has 5 heteroatoms. The number of hydrogen-bond donors (Lipinski definition) is 1. The summed E-state index contributed by atoms with van der Waals surface area (Å²) in [6.07, 6.45) is 0. The lowest BCUT2D eigenvalue weighted by Gasteiger charge is -2.06. The minimum Gasteiger partial charge on any atom is -0.399 e. The third-order valence-electron chi connectivity index (χ3n) is 5.35. The van der Waals surface area contributed by atoms with Crippen molar-refractivity contribution in [3.8, 4) is 11.4 Å². The van der Waals surface area contributed by atoms with E-state index in [-0.39, 0.29) is 0 Å². The molecule has 1 heterocycles. The highest BCUT2D eigenvalue weighted by Crippen LogP contribution is 2.68. The van der Waals surface area contributed by atoms with Gasteiger partial charge in [-0.05, 0) is 39.3 Å². The van der Waals surface area contributed by atoms with E-state index < -0.39 is 0 Å². The van der Waals surface area contributed by atoms with Crippen molar-refractivity contribution in [3.63, 3.8) is 0 Å². The second kappa shape index (κ2) is 4.04. The van der Waals surface area contributed by atoms with Gasteiger partial charge < -0.3 is 5.73 Å². The summed E-state index contributed by atoms with van der Waals surface area (Å²) in [5.74, 6) is 1.37. The van der Waals surface area contributed by atoms with Gasteiger partial charge in [-0.15, -0.1) is 5.10 Å². The van der Waals surface area contributed by atoms with Gasteiger partial charge in [0.2, 0.25) is 0 Å². The maximum absolute atomic E-state index is 5.84. The second-order valence-electron chi connectivity index (χ2n) is 6.81. The number of anilines is 1. The molecule has 1 aromatic heterocycles. The molecular formula is C15H21N5. The van der Waals surface area contributed by atoms with E-state index in [0.717, 1.165) is 23.6 Å². The molecule has 1 aromatic carbocycles. The van der Waals surface area contributed by atoms with Gasteiger partial charge in [0.05, 0.1) is 0 Å². The van der Waals surface area contributed by atoms with Crippen LogP contribution in [0.5, 0.6) is 0 Å². The fraction of sp³-hybridized carbons (Fsp3) is 0.533. The lowest BCUT2D eigenvalue weighted by atomic mass is 10.0. The highest BCUT2D eigenvalue weighted by atomic mass is 15.5. The summed E-state index contributed by atoms with van der Waals surface area (Å²) in [5.41, 5.74) is 8.18. The Balaban J connectivity index is 1.89. The predicted octanol–water partition coefficient (Wildman–Crippen LogP) is 2.60. The van der Waals surface area contributed by atoms with Crippen molar-refractivity contribution in [1.29, 1.82) is 0 Å². The molecule has 0 unspecified atom stereocenters. The Hall–Kier alpha value is -1.91. The van der Waals surface area contributed by atoms with Crippen LogP contribution in [-0.4, -0.2) is 20.2 Å². The van der Waals surface area contributed by atoms with Gasteiger partial charge in [0.25, 0.3) is 0 Å². The average Bonchev–Trinajstić information content (AvgIpc) is 2.74.